The Balaban J connectivity index is 0.00000161. The maximum atomic E-state index is 5.76. The van der Waals surface area contributed by atoms with Gasteiger partial charge in [-0.2, -0.15) is 0 Å². The van der Waals surface area contributed by atoms with Gasteiger partial charge >= 0.3 is 0 Å². The monoisotopic (exact) mass is 418 g/mol. The van der Waals surface area contributed by atoms with Crippen LogP contribution in [0.15, 0.2) is 24.3 Å². The molecule has 0 bridgehead atoms. The zero-order chi connectivity index (χ0) is 14.1. The van der Waals surface area contributed by atoms with E-state index in [4.69, 9.17) is 4.74 Å². The molecule has 1 aromatic heterocycles. The fourth-order valence-corrected chi connectivity index (χ4v) is 3.37. The molecule has 1 aliphatic rings. The van der Waals surface area contributed by atoms with Crippen molar-refractivity contribution < 1.29 is 4.74 Å². The van der Waals surface area contributed by atoms with Gasteiger partial charge in [-0.25, -0.2) is 0 Å². The molecular formula is C16H20ClIN2O. The Morgan fingerprint density at radius 1 is 1.38 bits per heavy atom. The molecule has 1 atom stereocenters. The molecule has 0 spiro atoms. The summed E-state index contributed by atoms with van der Waals surface area (Å²) in [7, 11) is 0. The van der Waals surface area contributed by atoms with E-state index in [2.05, 4.69) is 70.6 Å². The lowest BCUT2D eigenvalue weighted by Gasteiger charge is -2.21. The van der Waals surface area contributed by atoms with Crippen LogP contribution in [0.5, 0.6) is 0 Å². The number of nitrogens with zero attached hydrogens (tertiary/aromatic N) is 2. The summed E-state index contributed by atoms with van der Waals surface area (Å²) >= 11 is 2.34. The average molecular weight is 419 g/mol. The largest absolute Gasteiger partial charge is 0.377 e. The number of rotatable bonds is 3. The van der Waals surface area contributed by atoms with Crippen molar-refractivity contribution in [1.82, 2.24) is 4.98 Å². The maximum Gasteiger partial charge on any atom is 0.0766 e. The number of benzene rings is 1. The summed E-state index contributed by atoms with van der Waals surface area (Å²) in [6, 6.07) is 8.69. The minimum Gasteiger partial charge on any atom is -0.377 e. The molecule has 5 heteroatoms. The van der Waals surface area contributed by atoms with Gasteiger partial charge in [0.1, 0.15) is 0 Å². The molecule has 0 aliphatic carbocycles. The number of hydrogen-bond donors (Lipinski definition) is 0. The Bertz CT molecular complexity index is 630. The van der Waals surface area contributed by atoms with Gasteiger partial charge < -0.3 is 9.64 Å². The van der Waals surface area contributed by atoms with Crippen LogP contribution in [0.1, 0.15) is 19.0 Å². The first-order valence-electron chi connectivity index (χ1n) is 7.11. The summed E-state index contributed by atoms with van der Waals surface area (Å²) in [6.07, 6.45) is 1.48. The first kappa shape index (κ1) is 16.8. The van der Waals surface area contributed by atoms with Crippen molar-refractivity contribution in [3.8, 4) is 0 Å². The number of halogens is 2. The highest BCUT2D eigenvalue weighted by Crippen LogP contribution is 2.30. The van der Waals surface area contributed by atoms with E-state index in [0.29, 0.717) is 6.10 Å². The van der Waals surface area contributed by atoms with Crippen molar-refractivity contribution in [2.24, 2.45) is 0 Å². The molecule has 0 amide bonds. The Morgan fingerprint density at radius 3 is 2.95 bits per heavy atom. The molecule has 2 heterocycles. The zero-order valence-corrected chi connectivity index (χ0v) is 15.3. The van der Waals surface area contributed by atoms with E-state index >= 15 is 0 Å². The van der Waals surface area contributed by atoms with E-state index in [0.717, 1.165) is 37.3 Å². The van der Waals surface area contributed by atoms with Gasteiger partial charge in [0.2, 0.25) is 0 Å². The molecule has 1 aromatic carbocycles. The van der Waals surface area contributed by atoms with Crippen molar-refractivity contribution in [1.29, 1.82) is 0 Å². The van der Waals surface area contributed by atoms with Crippen molar-refractivity contribution in [2.45, 2.75) is 26.4 Å². The predicted octanol–water partition coefficient (Wildman–Crippen LogP) is 4.18. The minimum absolute atomic E-state index is 0. The molecule has 3 nitrogen and oxygen atoms in total. The Morgan fingerprint density at radius 2 is 2.19 bits per heavy atom. The second-order valence-electron chi connectivity index (χ2n) is 5.26. The average Bonchev–Trinajstić information content (AvgIpc) is 2.86. The highest BCUT2D eigenvalue weighted by atomic mass is 127. The quantitative estimate of drug-likeness (QED) is 0.699. The molecule has 0 N–H and O–H groups in total. The van der Waals surface area contributed by atoms with E-state index in [1.807, 2.05) is 0 Å². The van der Waals surface area contributed by atoms with Gasteiger partial charge in [-0.3, -0.25) is 4.98 Å². The van der Waals surface area contributed by atoms with Crippen LogP contribution in [0.4, 0.5) is 5.69 Å². The van der Waals surface area contributed by atoms with Crippen LogP contribution in [0.2, 0.25) is 0 Å². The molecule has 2 aromatic rings. The molecule has 1 saturated heterocycles. The molecule has 21 heavy (non-hydrogen) atoms. The van der Waals surface area contributed by atoms with Crippen molar-refractivity contribution in [3.05, 3.63) is 33.5 Å². The Labute approximate surface area is 145 Å². The second kappa shape index (κ2) is 7.11. The number of aromatic nitrogens is 1. The van der Waals surface area contributed by atoms with Gasteiger partial charge in [0, 0.05) is 40.0 Å². The standard InChI is InChI=1S/C16H19IN2O.ClH/c1-3-20-13-6-7-19(10-13)16-8-11(2)18-15-9-12(17)4-5-14(15)16;/h4-5,8-9,13H,3,6-7,10H2,1-2H3;1H/t13-;/m1./s1. The fraction of sp³-hybridized carbons (Fsp3) is 0.438. The number of anilines is 1. The summed E-state index contributed by atoms with van der Waals surface area (Å²) in [5.41, 5.74) is 3.47. The topological polar surface area (TPSA) is 25.4 Å². The molecule has 0 saturated carbocycles. The number of fused-ring (bicyclic) bond motifs is 1. The highest BCUT2D eigenvalue weighted by Gasteiger charge is 2.24. The van der Waals surface area contributed by atoms with Crippen molar-refractivity contribution in [3.63, 3.8) is 0 Å². The number of ether oxygens (including phenoxy) is 1. The maximum absolute atomic E-state index is 5.76. The van der Waals surface area contributed by atoms with Gasteiger partial charge in [0.25, 0.3) is 0 Å². The van der Waals surface area contributed by atoms with Crippen LogP contribution in [0.3, 0.4) is 0 Å². The summed E-state index contributed by atoms with van der Waals surface area (Å²) in [5, 5.41) is 1.24. The lowest BCUT2D eigenvalue weighted by Crippen LogP contribution is -2.23. The van der Waals surface area contributed by atoms with Crippen LogP contribution in [0.25, 0.3) is 10.9 Å². The fourth-order valence-electron chi connectivity index (χ4n) is 2.89. The molecule has 3 rings (SSSR count). The van der Waals surface area contributed by atoms with E-state index in [1.54, 1.807) is 0 Å². The minimum atomic E-state index is 0. The first-order chi connectivity index (χ1) is 9.67. The van der Waals surface area contributed by atoms with E-state index in [-0.39, 0.29) is 12.4 Å². The first-order valence-corrected chi connectivity index (χ1v) is 8.18. The highest BCUT2D eigenvalue weighted by molar-refractivity contribution is 14.1. The molecule has 1 fully saturated rings. The number of hydrogen-bond acceptors (Lipinski definition) is 3. The van der Waals surface area contributed by atoms with Gasteiger partial charge in [-0.05, 0) is 67.1 Å². The third kappa shape index (κ3) is 3.60. The predicted molar refractivity (Wildman–Crippen MR) is 98.7 cm³/mol. The SMILES string of the molecule is CCO[C@@H]1CCN(c2cc(C)nc3cc(I)ccc23)C1.Cl. The normalized spacial score (nSPS) is 18.0. The van der Waals surface area contributed by atoms with Gasteiger partial charge in [-0.15, -0.1) is 12.4 Å². The number of aryl methyl sites for hydroxylation is 1. The van der Waals surface area contributed by atoms with E-state index in [9.17, 15) is 0 Å². The molecule has 1 aliphatic heterocycles. The third-order valence-corrected chi connectivity index (χ3v) is 4.44. The summed E-state index contributed by atoms with van der Waals surface area (Å²) in [6.45, 7) is 6.98. The van der Waals surface area contributed by atoms with Gasteiger partial charge in [0.05, 0.1) is 11.6 Å². The van der Waals surface area contributed by atoms with Crippen LogP contribution >= 0.6 is 35.0 Å². The second-order valence-corrected chi connectivity index (χ2v) is 6.50. The molecule has 114 valence electrons. The lowest BCUT2D eigenvalue weighted by molar-refractivity contribution is 0.0788. The van der Waals surface area contributed by atoms with Crippen LogP contribution in [-0.4, -0.2) is 30.8 Å². The van der Waals surface area contributed by atoms with E-state index in [1.165, 1.54) is 14.6 Å². The summed E-state index contributed by atoms with van der Waals surface area (Å²) in [5.74, 6) is 0. The van der Waals surface area contributed by atoms with Gasteiger partial charge in [-0.1, -0.05) is 0 Å². The van der Waals surface area contributed by atoms with Gasteiger partial charge in [0.15, 0.2) is 0 Å². The Kier molecular flexibility index (Phi) is 5.68. The molecule has 0 unspecified atom stereocenters. The third-order valence-electron chi connectivity index (χ3n) is 3.77. The van der Waals surface area contributed by atoms with Crippen LogP contribution < -0.4 is 4.90 Å². The van der Waals surface area contributed by atoms with E-state index < -0.39 is 0 Å². The van der Waals surface area contributed by atoms with Crippen molar-refractivity contribution in [2.75, 3.05) is 24.6 Å². The van der Waals surface area contributed by atoms with Crippen LogP contribution in [-0.2, 0) is 4.74 Å². The van der Waals surface area contributed by atoms with Crippen LogP contribution in [0, 0.1) is 10.5 Å². The summed E-state index contributed by atoms with van der Waals surface area (Å²) in [4.78, 5) is 7.10. The summed E-state index contributed by atoms with van der Waals surface area (Å²) < 4.78 is 6.99. The molecule has 0 radical (unpaired) electrons. The smallest absolute Gasteiger partial charge is 0.0766 e. The zero-order valence-electron chi connectivity index (χ0n) is 12.3. The molecular weight excluding hydrogens is 399 g/mol. The van der Waals surface area contributed by atoms with Crippen molar-refractivity contribution >= 4 is 51.6 Å². The Hall–Kier alpha value is -0.590. The lowest BCUT2D eigenvalue weighted by atomic mass is 10.1. The number of pyridine rings is 1.